The zero-order valence-corrected chi connectivity index (χ0v) is 7.35. The van der Waals surface area contributed by atoms with Crippen molar-refractivity contribution < 1.29 is 26.3 Å². The molecule has 0 saturated heterocycles. The molecular formula is C3H8O6S2-2. The number of rotatable bonds is 1. The normalized spacial score (nSPS) is 20.4. The lowest BCUT2D eigenvalue weighted by molar-refractivity contribution is 0.363. The van der Waals surface area contributed by atoms with Crippen molar-refractivity contribution >= 4 is 31.9 Å². The zero-order valence-electron chi connectivity index (χ0n) is 5.72. The SMILES string of the molecule is C=S(=O)([O-])O.C=S(=O)([O-])OC. The van der Waals surface area contributed by atoms with E-state index in [1.165, 1.54) is 0 Å². The third-order valence-electron chi connectivity index (χ3n) is 0.254. The summed E-state index contributed by atoms with van der Waals surface area (Å²) < 4.78 is 48.7. The first-order valence-corrected chi connectivity index (χ1v) is 5.19. The molecule has 0 rings (SSSR count). The van der Waals surface area contributed by atoms with Crippen LogP contribution in [0.25, 0.3) is 0 Å². The van der Waals surface area contributed by atoms with Gasteiger partial charge in [-0.2, -0.15) is 0 Å². The maximum Gasteiger partial charge on any atom is 0.0512 e. The van der Waals surface area contributed by atoms with Crippen LogP contribution in [-0.4, -0.2) is 40.9 Å². The second-order valence-electron chi connectivity index (χ2n) is 1.31. The van der Waals surface area contributed by atoms with E-state index in [-0.39, 0.29) is 0 Å². The van der Waals surface area contributed by atoms with Crippen molar-refractivity contribution in [1.82, 2.24) is 0 Å². The summed E-state index contributed by atoms with van der Waals surface area (Å²) in [7, 11) is -6.27. The van der Waals surface area contributed by atoms with Crippen LogP contribution in [0.1, 0.15) is 0 Å². The van der Waals surface area contributed by atoms with Crippen LogP contribution in [0.15, 0.2) is 0 Å². The van der Waals surface area contributed by atoms with Crippen LogP contribution in [0, 0.1) is 0 Å². The Morgan fingerprint density at radius 1 is 1.36 bits per heavy atom. The van der Waals surface area contributed by atoms with Gasteiger partial charge in [-0.3, -0.25) is 8.42 Å². The van der Waals surface area contributed by atoms with Gasteiger partial charge in [0.15, 0.2) is 0 Å². The summed E-state index contributed by atoms with van der Waals surface area (Å²) in [5, 5.41) is 0. The predicted molar refractivity (Wildman–Crippen MR) is 41.7 cm³/mol. The average Bonchev–Trinajstić information content (AvgIpc) is 1.59. The maximum atomic E-state index is 9.67. The molecular weight excluding hydrogens is 196 g/mol. The van der Waals surface area contributed by atoms with E-state index in [1.807, 2.05) is 0 Å². The van der Waals surface area contributed by atoms with Gasteiger partial charge >= 0.3 is 0 Å². The van der Waals surface area contributed by atoms with Crippen LogP contribution >= 0.6 is 0 Å². The van der Waals surface area contributed by atoms with Gasteiger partial charge in [-0.25, -0.2) is 0 Å². The number of hydrogen-bond donors (Lipinski definition) is 1. The fourth-order valence-corrected chi connectivity index (χ4v) is 0. The molecule has 0 aliphatic rings. The minimum absolute atomic E-state index is 1.06. The van der Waals surface area contributed by atoms with Crippen molar-refractivity contribution in [3.63, 3.8) is 0 Å². The van der Waals surface area contributed by atoms with Crippen molar-refractivity contribution in [3.05, 3.63) is 0 Å². The van der Waals surface area contributed by atoms with Crippen LogP contribution in [0.4, 0.5) is 0 Å². The van der Waals surface area contributed by atoms with E-state index in [0.717, 1.165) is 7.11 Å². The third kappa shape index (κ3) is 74.0. The lowest BCUT2D eigenvalue weighted by Crippen LogP contribution is -1.97. The Labute approximate surface area is 65.9 Å². The van der Waals surface area contributed by atoms with Crippen molar-refractivity contribution in [2.24, 2.45) is 0 Å². The molecule has 0 heterocycles. The van der Waals surface area contributed by atoms with Crippen molar-refractivity contribution in [3.8, 4) is 0 Å². The quantitative estimate of drug-likeness (QED) is 0.531. The molecule has 0 aliphatic heterocycles. The first-order valence-electron chi connectivity index (χ1n) is 2.00. The van der Waals surface area contributed by atoms with Crippen molar-refractivity contribution in [2.45, 2.75) is 0 Å². The molecule has 0 aromatic heterocycles. The van der Waals surface area contributed by atoms with Gasteiger partial charge in [-0.1, -0.05) is 0 Å². The lowest BCUT2D eigenvalue weighted by Gasteiger charge is -2.06. The van der Waals surface area contributed by atoms with Gasteiger partial charge in [-0.05, 0) is 11.7 Å². The highest BCUT2D eigenvalue weighted by Crippen LogP contribution is 1.74. The second kappa shape index (κ2) is 4.70. The molecule has 2 unspecified atom stereocenters. The summed E-state index contributed by atoms with van der Waals surface area (Å²) in [6, 6.07) is 0. The summed E-state index contributed by atoms with van der Waals surface area (Å²) in [4.78, 5) is 0. The Bertz CT molecular complexity index is 263. The van der Waals surface area contributed by atoms with Crippen LogP contribution in [0.3, 0.4) is 0 Å². The molecule has 0 saturated carbocycles. The average molecular weight is 204 g/mol. The van der Waals surface area contributed by atoms with Gasteiger partial charge in [0.05, 0.1) is 7.11 Å². The molecule has 2 atom stereocenters. The second-order valence-corrected chi connectivity index (χ2v) is 3.92. The van der Waals surface area contributed by atoms with Crippen LogP contribution < -0.4 is 0 Å². The third-order valence-corrected chi connectivity index (χ3v) is 0.762. The Kier molecular flexibility index (Phi) is 5.75. The Morgan fingerprint density at radius 3 is 1.45 bits per heavy atom. The molecule has 0 aromatic carbocycles. The highest BCUT2D eigenvalue weighted by molar-refractivity contribution is 7.90. The highest BCUT2D eigenvalue weighted by atomic mass is 32.2. The standard InChI is InChI=1S/C2H6O3S.CH4O3S/c1-5-6(2,3)4;1-5(2,3)4/h2H2,1H3,(H,3,4);1H2,(H2,2,3,4)/p-2. The van der Waals surface area contributed by atoms with Crippen LogP contribution in [0.5, 0.6) is 0 Å². The molecule has 0 radical (unpaired) electrons. The molecule has 70 valence electrons. The maximum absolute atomic E-state index is 9.67. The van der Waals surface area contributed by atoms with Gasteiger partial charge in [0.25, 0.3) is 0 Å². The van der Waals surface area contributed by atoms with Gasteiger partial charge < -0.3 is 17.8 Å². The molecule has 1 N–H and O–H groups in total. The van der Waals surface area contributed by atoms with E-state index < -0.39 is 20.2 Å². The largest absolute Gasteiger partial charge is 0.757 e. The number of hydrogen-bond acceptors (Lipinski definition) is 5. The van der Waals surface area contributed by atoms with Crippen LogP contribution in [-0.2, 0) is 24.4 Å². The Hall–Kier alpha value is -0.120. The molecule has 0 amide bonds. The summed E-state index contributed by atoms with van der Waals surface area (Å²) in [6.07, 6.45) is 0. The monoisotopic (exact) mass is 204 g/mol. The fraction of sp³-hybridized carbons (Fsp3) is 0.333. The molecule has 0 aromatic rings. The van der Waals surface area contributed by atoms with Gasteiger partial charge in [0.2, 0.25) is 0 Å². The van der Waals surface area contributed by atoms with E-state index in [0.29, 0.717) is 0 Å². The van der Waals surface area contributed by atoms with E-state index in [2.05, 4.69) is 15.9 Å². The first kappa shape index (κ1) is 13.5. The molecule has 8 heteroatoms. The van der Waals surface area contributed by atoms with Gasteiger partial charge in [-0.15, -0.1) is 0 Å². The first-order chi connectivity index (χ1) is 4.56. The highest BCUT2D eigenvalue weighted by Gasteiger charge is 1.69. The van der Waals surface area contributed by atoms with Crippen LogP contribution in [0.2, 0.25) is 0 Å². The summed E-state index contributed by atoms with van der Waals surface area (Å²) in [6.45, 7) is 0. The molecule has 11 heavy (non-hydrogen) atoms. The Balaban J connectivity index is 0. The molecule has 6 nitrogen and oxygen atoms in total. The van der Waals surface area contributed by atoms with E-state index in [4.69, 9.17) is 13.3 Å². The van der Waals surface area contributed by atoms with Gasteiger partial charge in [0, 0.05) is 20.2 Å². The Morgan fingerprint density at radius 2 is 1.45 bits per heavy atom. The molecule has 0 spiro atoms. The molecule has 0 aliphatic carbocycles. The van der Waals surface area contributed by atoms with Gasteiger partial charge in [0.1, 0.15) is 0 Å². The summed E-state index contributed by atoms with van der Waals surface area (Å²) >= 11 is 0. The molecule has 0 bridgehead atoms. The summed E-state index contributed by atoms with van der Waals surface area (Å²) in [5.74, 6) is 4.94. The zero-order chi connectivity index (χ0) is 9.71. The predicted octanol–water partition coefficient (Wildman–Crippen LogP) is -1.30. The molecule has 0 fully saturated rings. The van der Waals surface area contributed by atoms with Crippen molar-refractivity contribution in [1.29, 1.82) is 0 Å². The van der Waals surface area contributed by atoms with E-state index >= 15 is 0 Å². The fourth-order valence-electron chi connectivity index (χ4n) is 0. The minimum atomic E-state index is -3.92. The van der Waals surface area contributed by atoms with E-state index in [1.54, 1.807) is 0 Å². The topological polar surface area (TPSA) is 110 Å². The van der Waals surface area contributed by atoms with E-state index in [9.17, 15) is 8.76 Å². The minimum Gasteiger partial charge on any atom is -0.757 e. The summed E-state index contributed by atoms with van der Waals surface area (Å²) in [5.41, 5.74) is 0. The van der Waals surface area contributed by atoms with Crippen molar-refractivity contribution in [2.75, 3.05) is 7.11 Å². The smallest absolute Gasteiger partial charge is 0.0512 e. The lowest BCUT2D eigenvalue weighted by atomic mass is 11.8.